The molecular weight excluding hydrogens is 250 g/mol. The average molecular weight is 267 g/mol. The molecule has 19 heavy (non-hydrogen) atoms. The maximum atomic E-state index is 10.8. The molecule has 0 aliphatic rings. The van der Waals surface area contributed by atoms with E-state index in [1.54, 1.807) is 31.2 Å². The van der Waals surface area contributed by atoms with Crippen LogP contribution in [0.3, 0.4) is 0 Å². The van der Waals surface area contributed by atoms with Gasteiger partial charge in [-0.15, -0.1) is 0 Å². The third-order valence-electron chi connectivity index (χ3n) is 2.81. The van der Waals surface area contributed by atoms with Gasteiger partial charge in [0, 0.05) is 11.6 Å². The summed E-state index contributed by atoms with van der Waals surface area (Å²) in [5, 5.41) is 17.7. The second-order valence-electron chi connectivity index (χ2n) is 4.11. The van der Waals surface area contributed by atoms with Crippen LogP contribution in [0.1, 0.15) is 18.5 Å². The summed E-state index contributed by atoms with van der Waals surface area (Å²) in [6.07, 6.45) is 0. The van der Waals surface area contributed by atoms with E-state index in [1.165, 1.54) is 12.0 Å². The van der Waals surface area contributed by atoms with Crippen LogP contribution in [-0.2, 0) is 9.59 Å². The Kier molecular flexibility index (Phi) is 5.32. The number of methoxy groups -OCH3 is 1. The number of nitrogens with zero attached hydrogens (tertiary/aromatic N) is 1. The van der Waals surface area contributed by atoms with Gasteiger partial charge >= 0.3 is 11.9 Å². The van der Waals surface area contributed by atoms with Gasteiger partial charge in [0.1, 0.15) is 5.75 Å². The van der Waals surface area contributed by atoms with Crippen LogP contribution in [0, 0.1) is 0 Å². The van der Waals surface area contributed by atoms with E-state index in [0.29, 0.717) is 5.75 Å². The molecule has 1 aromatic carbocycles. The Morgan fingerprint density at radius 1 is 1.21 bits per heavy atom. The molecule has 1 unspecified atom stereocenters. The van der Waals surface area contributed by atoms with Crippen molar-refractivity contribution in [3.63, 3.8) is 0 Å². The number of hydrogen-bond donors (Lipinski definition) is 2. The van der Waals surface area contributed by atoms with E-state index in [9.17, 15) is 9.59 Å². The number of hydrogen-bond acceptors (Lipinski definition) is 4. The number of ether oxygens (including phenoxy) is 1. The van der Waals surface area contributed by atoms with Gasteiger partial charge in [-0.05, 0) is 13.0 Å². The molecule has 2 N–H and O–H groups in total. The molecule has 0 aromatic heterocycles. The van der Waals surface area contributed by atoms with Gasteiger partial charge in [0.15, 0.2) is 0 Å². The van der Waals surface area contributed by atoms with Crippen molar-refractivity contribution in [1.82, 2.24) is 4.90 Å². The van der Waals surface area contributed by atoms with Crippen LogP contribution in [0.4, 0.5) is 0 Å². The minimum absolute atomic E-state index is 0.342. The Balaban J connectivity index is 3.00. The second-order valence-corrected chi connectivity index (χ2v) is 4.11. The molecule has 0 heterocycles. The lowest BCUT2D eigenvalue weighted by molar-refractivity contribution is -0.142. The summed E-state index contributed by atoms with van der Waals surface area (Å²) in [5.41, 5.74) is 0.757. The molecule has 1 rings (SSSR count). The normalized spacial score (nSPS) is 12.2. The minimum atomic E-state index is -1.07. The molecule has 6 nitrogen and oxygen atoms in total. The van der Waals surface area contributed by atoms with E-state index in [1.807, 2.05) is 0 Å². The third-order valence-corrected chi connectivity index (χ3v) is 2.81. The number of rotatable bonds is 7. The molecular formula is C13H17NO5. The summed E-state index contributed by atoms with van der Waals surface area (Å²) >= 11 is 0. The molecule has 0 saturated carbocycles. The zero-order chi connectivity index (χ0) is 14.4. The third kappa shape index (κ3) is 4.26. The molecule has 0 amide bonds. The molecule has 104 valence electrons. The number of aliphatic carboxylic acids is 2. The van der Waals surface area contributed by atoms with Gasteiger partial charge in [-0.1, -0.05) is 18.2 Å². The molecule has 0 spiro atoms. The molecule has 0 fully saturated rings. The van der Waals surface area contributed by atoms with E-state index in [2.05, 4.69) is 0 Å². The van der Waals surface area contributed by atoms with E-state index >= 15 is 0 Å². The van der Waals surface area contributed by atoms with Crippen LogP contribution >= 0.6 is 0 Å². The number of carboxylic acid groups (broad SMARTS) is 2. The van der Waals surface area contributed by atoms with Crippen LogP contribution in [0.25, 0.3) is 0 Å². The fourth-order valence-corrected chi connectivity index (χ4v) is 1.89. The first-order chi connectivity index (χ1) is 8.95. The summed E-state index contributed by atoms with van der Waals surface area (Å²) in [4.78, 5) is 23.0. The zero-order valence-corrected chi connectivity index (χ0v) is 10.9. The summed E-state index contributed by atoms with van der Waals surface area (Å²) in [6.45, 7) is 1.07. The van der Waals surface area contributed by atoms with Crippen molar-refractivity contribution in [2.75, 3.05) is 20.2 Å². The van der Waals surface area contributed by atoms with Crippen LogP contribution in [-0.4, -0.2) is 47.3 Å². The Bertz CT molecular complexity index is 444. The van der Waals surface area contributed by atoms with Gasteiger partial charge in [-0.2, -0.15) is 0 Å². The topological polar surface area (TPSA) is 87.1 Å². The van der Waals surface area contributed by atoms with Gasteiger partial charge in [-0.25, -0.2) is 0 Å². The van der Waals surface area contributed by atoms with Crippen molar-refractivity contribution >= 4 is 11.9 Å². The van der Waals surface area contributed by atoms with Crippen LogP contribution in [0.15, 0.2) is 24.3 Å². The molecule has 0 aliphatic carbocycles. The maximum Gasteiger partial charge on any atom is 0.317 e. The summed E-state index contributed by atoms with van der Waals surface area (Å²) in [6, 6.07) is 6.77. The Morgan fingerprint density at radius 2 is 1.74 bits per heavy atom. The van der Waals surface area contributed by atoms with E-state index < -0.39 is 11.9 Å². The highest BCUT2D eigenvalue weighted by Crippen LogP contribution is 2.28. The summed E-state index contributed by atoms with van der Waals surface area (Å²) in [7, 11) is 1.52. The number of para-hydroxylation sites is 1. The number of carboxylic acids is 2. The molecule has 0 saturated heterocycles. The standard InChI is InChI=1S/C13H17NO5/c1-9(10-5-3-4-6-11(10)19-2)14(7-12(15)16)8-13(17)18/h3-6,9H,7-8H2,1-2H3,(H,15,16)(H,17,18). The van der Waals surface area contributed by atoms with Gasteiger partial charge < -0.3 is 14.9 Å². The highest BCUT2D eigenvalue weighted by atomic mass is 16.5. The predicted molar refractivity (Wildman–Crippen MR) is 68.3 cm³/mol. The van der Waals surface area contributed by atoms with Crippen molar-refractivity contribution in [3.05, 3.63) is 29.8 Å². The van der Waals surface area contributed by atoms with E-state index in [-0.39, 0.29) is 19.1 Å². The Hall–Kier alpha value is -2.08. The van der Waals surface area contributed by atoms with Gasteiger partial charge in [0.25, 0.3) is 0 Å². The highest BCUT2D eigenvalue weighted by molar-refractivity contribution is 5.72. The molecule has 0 aliphatic heterocycles. The largest absolute Gasteiger partial charge is 0.496 e. The lowest BCUT2D eigenvalue weighted by atomic mass is 10.1. The first-order valence-electron chi connectivity index (χ1n) is 5.76. The van der Waals surface area contributed by atoms with Gasteiger partial charge in [0.2, 0.25) is 0 Å². The van der Waals surface area contributed by atoms with Gasteiger partial charge in [0.05, 0.1) is 20.2 Å². The zero-order valence-electron chi connectivity index (χ0n) is 10.9. The van der Waals surface area contributed by atoms with Crippen molar-refractivity contribution < 1.29 is 24.5 Å². The quantitative estimate of drug-likeness (QED) is 0.772. The van der Waals surface area contributed by atoms with Crippen LogP contribution < -0.4 is 4.74 Å². The SMILES string of the molecule is COc1ccccc1C(C)N(CC(=O)O)CC(=O)O. The number of benzene rings is 1. The van der Waals surface area contributed by atoms with Crippen molar-refractivity contribution in [3.8, 4) is 5.75 Å². The maximum absolute atomic E-state index is 10.8. The predicted octanol–water partition coefficient (Wildman–Crippen LogP) is 1.23. The molecule has 6 heteroatoms. The summed E-state index contributed by atoms with van der Waals surface area (Å²) < 4.78 is 5.21. The fraction of sp³-hybridized carbons (Fsp3) is 0.385. The smallest absolute Gasteiger partial charge is 0.317 e. The second kappa shape index (κ2) is 6.75. The summed E-state index contributed by atoms with van der Waals surface area (Å²) in [5.74, 6) is -1.53. The van der Waals surface area contributed by atoms with Gasteiger partial charge in [-0.3, -0.25) is 14.5 Å². The first kappa shape index (κ1) is 15.0. The molecule has 1 aromatic rings. The monoisotopic (exact) mass is 267 g/mol. The van der Waals surface area contributed by atoms with Crippen molar-refractivity contribution in [2.45, 2.75) is 13.0 Å². The van der Waals surface area contributed by atoms with Crippen molar-refractivity contribution in [2.24, 2.45) is 0 Å². The fourth-order valence-electron chi connectivity index (χ4n) is 1.89. The molecule has 0 radical (unpaired) electrons. The van der Waals surface area contributed by atoms with E-state index in [4.69, 9.17) is 14.9 Å². The lowest BCUT2D eigenvalue weighted by Crippen LogP contribution is -2.36. The number of carbonyl (C=O) groups is 2. The van der Waals surface area contributed by atoms with E-state index in [0.717, 1.165) is 5.56 Å². The average Bonchev–Trinajstić information content (AvgIpc) is 2.36. The molecule has 1 atom stereocenters. The first-order valence-corrected chi connectivity index (χ1v) is 5.76. The molecule has 0 bridgehead atoms. The Labute approximate surface area is 111 Å². The van der Waals surface area contributed by atoms with Crippen LogP contribution in [0.2, 0.25) is 0 Å². The lowest BCUT2D eigenvalue weighted by Gasteiger charge is -2.27. The van der Waals surface area contributed by atoms with Crippen molar-refractivity contribution in [1.29, 1.82) is 0 Å². The minimum Gasteiger partial charge on any atom is -0.496 e. The van der Waals surface area contributed by atoms with Crippen LogP contribution in [0.5, 0.6) is 5.75 Å². The highest BCUT2D eigenvalue weighted by Gasteiger charge is 2.23. The Morgan fingerprint density at radius 3 is 2.21 bits per heavy atom.